The first-order chi connectivity index (χ1) is 5.70. The van der Waals surface area contributed by atoms with Gasteiger partial charge in [0.15, 0.2) is 5.29 Å². The Hall–Kier alpha value is -1.35. The Bertz CT molecular complexity index is 304. The summed E-state index contributed by atoms with van der Waals surface area (Å²) in [4.78, 5) is 14.5. The lowest BCUT2D eigenvalue weighted by Crippen LogP contribution is -2.06. The molecule has 1 aromatic rings. The molecule has 0 aliphatic carbocycles. The first-order valence-electron chi connectivity index (χ1n) is 3.29. The van der Waals surface area contributed by atoms with Crippen LogP contribution in [0, 0.1) is 0 Å². The van der Waals surface area contributed by atoms with Gasteiger partial charge in [-0.3, -0.25) is 4.79 Å². The van der Waals surface area contributed by atoms with Crippen LogP contribution in [-0.4, -0.2) is 11.2 Å². The zero-order valence-corrected chi connectivity index (χ0v) is 6.95. The lowest BCUT2D eigenvalue weighted by molar-refractivity contribution is 0.100. The summed E-state index contributed by atoms with van der Waals surface area (Å²) in [5, 5.41) is -0.246. The summed E-state index contributed by atoms with van der Waals surface area (Å²) in [5.74, 6) is -0.428. The summed E-state index contributed by atoms with van der Waals surface area (Å²) >= 11 is 5.23. The number of amides is 1. The Morgan fingerprint density at radius 2 is 1.92 bits per heavy atom. The second-order valence-corrected chi connectivity index (χ2v) is 2.49. The third kappa shape index (κ3) is 2.36. The van der Waals surface area contributed by atoms with Crippen molar-refractivity contribution in [2.75, 3.05) is 0 Å². The van der Waals surface area contributed by atoms with Crippen LogP contribution in [-0.2, 0) is 0 Å². The molecule has 4 heteroatoms. The lowest BCUT2D eigenvalue weighted by atomic mass is 10.2. The van der Waals surface area contributed by atoms with Crippen molar-refractivity contribution >= 4 is 22.8 Å². The first kappa shape index (κ1) is 8.74. The molecular weight excluding hydrogens is 176 g/mol. The van der Waals surface area contributed by atoms with Gasteiger partial charge in [0.05, 0.1) is 0 Å². The quantitative estimate of drug-likeness (QED) is 0.405. The number of rotatable bonds is 1. The molecule has 1 rings (SSSR count). The topological polar surface area (TPSA) is 55.4 Å². The molecule has 0 spiro atoms. The van der Waals surface area contributed by atoms with Crippen molar-refractivity contribution in [2.24, 2.45) is 10.7 Å². The van der Waals surface area contributed by atoms with Crippen molar-refractivity contribution in [3.05, 3.63) is 35.9 Å². The van der Waals surface area contributed by atoms with Crippen LogP contribution in [0.5, 0.6) is 0 Å². The van der Waals surface area contributed by atoms with Gasteiger partial charge in [0, 0.05) is 5.56 Å². The number of nitrogens with zero attached hydrogens (tertiary/aromatic N) is 1. The van der Waals surface area contributed by atoms with E-state index in [2.05, 4.69) is 4.99 Å². The van der Waals surface area contributed by atoms with Gasteiger partial charge in [-0.2, -0.15) is 4.99 Å². The molecule has 0 saturated heterocycles. The highest BCUT2D eigenvalue weighted by molar-refractivity contribution is 6.65. The van der Waals surface area contributed by atoms with Crippen molar-refractivity contribution < 1.29 is 4.79 Å². The monoisotopic (exact) mass is 182 g/mol. The molecule has 1 aromatic carbocycles. The summed E-state index contributed by atoms with van der Waals surface area (Å²) < 4.78 is 0. The zero-order chi connectivity index (χ0) is 8.97. The third-order valence-electron chi connectivity index (χ3n) is 1.23. The Morgan fingerprint density at radius 3 is 2.42 bits per heavy atom. The molecule has 62 valence electrons. The average molecular weight is 183 g/mol. The molecular formula is C8H7ClN2O. The minimum atomic E-state index is -0.428. The molecule has 0 radical (unpaired) electrons. The number of carbonyl (C=O) groups is 1. The summed E-state index contributed by atoms with van der Waals surface area (Å²) in [6.45, 7) is 0. The zero-order valence-electron chi connectivity index (χ0n) is 6.20. The van der Waals surface area contributed by atoms with Gasteiger partial charge in [0.2, 0.25) is 0 Å². The molecule has 0 unspecified atom stereocenters. The van der Waals surface area contributed by atoms with Crippen molar-refractivity contribution in [1.82, 2.24) is 0 Å². The predicted molar refractivity (Wildman–Crippen MR) is 48.2 cm³/mol. The van der Waals surface area contributed by atoms with E-state index < -0.39 is 5.91 Å². The van der Waals surface area contributed by atoms with Crippen LogP contribution in [0.25, 0.3) is 0 Å². The van der Waals surface area contributed by atoms with Crippen LogP contribution in [0.15, 0.2) is 35.3 Å². The van der Waals surface area contributed by atoms with Gasteiger partial charge in [-0.1, -0.05) is 18.2 Å². The Morgan fingerprint density at radius 1 is 1.33 bits per heavy atom. The fraction of sp³-hybridized carbons (Fsp3) is 0. The van der Waals surface area contributed by atoms with Gasteiger partial charge >= 0.3 is 0 Å². The van der Waals surface area contributed by atoms with E-state index in [0.29, 0.717) is 5.56 Å². The second kappa shape index (κ2) is 3.88. The molecule has 0 heterocycles. The van der Waals surface area contributed by atoms with Gasteiger partial charge in [-0.05, 0) is 23.7 Å². The number of benzene rings is 1. The lowest BCUT2D eigenvalue weighted by Gasteiger charge is -1.92. The maximum absolute atomic E-state index is 11.1. The number of hydrogen-bond donors (Lipinski definition) is 1. The number of amidine groups is 1. The maximum atomic E-state index is 11.1. The number of halogens is 1. The van der Waals surface area contributed by atoms with E-state index in [-0.39, 0.29) is 5.29 Å². The van der Waals surface area contributed by atoms with Crippen LogP contribution >= 0.6 is 11.6 Å². The fourth-order valence-corrected chi connectivity index (χ4v) is 0.819. The number of aliphatic imine (C=N–C) groups is 1. The first-order valence-corrected chi connectivity index (χ1v) is 3.67. The maximum Gasteiger partial charge on any atom is 0.279 e. The van der Waals surface area contributed by atoms with Gasteiger partial charge < -0.3 is 5.73 Å². The molecule has 2 N–H and O–H groups in total. The van der Waals surface area contributed by atoms with E-state index in [1.54, 1.807) is 24.3 Å². The van der Waals surface area contributed by atoms with Crippen molar-refractivity contribution in [3.8, 4) is 0 Å². The minimum Gasteiger partial charge on any atom is -0.374 e. The number of hydrogen-bond acceptors (Lipinski definition) is 1. The normalized spacial score (nSPS) is 11.2. The highest BCUT2D eigenvalue weighted by atomic mass is 35.5. The van der Waals surface area contributed by atoms with Gasteiger partial charge in [-0.25, -0.2) is 0 Å². The minimum absolute atomic E-state index is 0.246. The van der Waals surface area contributed by atoms with Gasteiger partial charge in [0.1, 0.15) is 0 Å². The van der Waals surface area contributed by atoms with Crippen LogP contribution in [0.3, 0.4) is 0 Å². The fourth-order valence-electron chi connectivity index (χ4n) is 0.742. The van der Waals surface area contributed by atoms with Gasteiger partial charge in [-0.15, -0.1) is 0 Å². The van der Waals surface area contributed by atoms with Crippen molar-refractivity contribution in [2.45, 2.75) is 0 Å². The Balaban J connectivity index is 2.87. The Kier molecular flexibility index (Phi) is 2.82. The summed E-state index contributed by atoms with van der Waals surface area (Å²) in [6.07, 6.45) is 0. The molecule has 3 nitrogen and oxygen atoms in total. The van der Waals surface area contributed by atoms with Crippen LogP contribution in [0.1, 0.15) is 10.4 Å². The largest absolute Gasteiger partial charge is 0.374 e. The highest BCUT2D eigenvalue weighted by Gasteiger charge is 2.01. The van der Waals surface area contributed by atoms with Crippen molar-refractivity contribution in [1.29, 1.82) is 0 Å². The van der Waals surface area contributed by atoms with Crippen LogP contribution in [0.2, 0.25) is 0 Å². The van der Waals surface area contributed by atoms with Gasteiger partial charge in [0.25, 0.3) is 5.91 Å². The molecule has 0 aromatic heterocycles. The SMILES string of the molecule is NC(Cl)=NC(=O)c1ccccc1. The molecule has 0 bridgehead atoms. The van der Waals surface area contributed by atoms with E-state index in [0.717, 1.165) is 0 Å². The van der Waals surface area contributed by atoms with E-state index in [1.165, 1.54) is 0 Å². The summed E-state index contributed by atoms with van der Waals surface area (Å²) in [5.41, 5.74) is 5.50. The molecule has 0 atom stereocenters. The van der Waals surface area contributed by atoms with E-state index in [1.807, 2.05) is 6.07 Å². The van der Waals surface area contributed by atoms with E-state index >= 15 is 0 Å². The molecule has 0 aliphatic heterocycles. The van der Waals surface area contributed by atoms with E-state index in [9.17, 15) is 4.79 Å². The predicted octanol–water partition coefficient (Wildman–Crippen LogP) is 1.38. The number of nitrogens with two attached hydrogens (primary N) is 1. The number of carbonyl (C=O) groups excluding carboxylic acids is 1. The van der Waals surface area contributed by atoms with Crippen LogP contribution in [0.4, 0.5) is 0 Å². The standard InChI is InChI=1S/C8H7ClN2O/c9-8(10)11-7(12)6-4-2-1-3-5-6/h1-5H,(H2,10,11,12). The average Bonchev–Trinajstić information content (AvgIpc) is 2.05. The van der Waals surface area contributed by atoms with Crippen LogP contribution < -0.4 is 5.73 Å². The van der Waals surface area contributed by atoms with E-state index in [4.69, 9.17) is 17.3 Å². The molecule has 0 aliphatic rings. The summed E-state index contributed by atoms with van der Waals surface area (Å²) in [6, 6.07) is 8.59. The Labute approximate surface area is 74.9 Å². The third-order valence-corrected chi connectivity index (χ3v) is 1.31. The molecule has 0 fully saturated rings. The molecule has 1 amide bonds. The highest BCUT2D eigenvalue weighted by Crippen LogP contribution is 2.00. The smallest absolute Gasteiger partial charge is 0.279 e. The molecule has 12 heavy (non-hydrogen) atoms. The van der Waals surface area contributed by atoms with Crippen molar-refractivity contribution in [3.63, 3.8) is 0 Å². The molecule has 0 saturated carbocycles. The summed E-state index contributed by atoms with van der Waals surface area (Å²) in [7, 11) is 0. The second-order valence-electron chi connectivity index (χ2n) is 2.11.